The Morgan fingerprint density at radius 1 is 1.14 bits per heavy atom. The van der Waals surface area contributed by atoms with Crippen molar-refractivity contribution in [3.63, 3.8) is 0 Å². The van der Waals surface area contributed by atoms with Crippen molar-refractivity contribution in [2.24, 2.45) is 16.6 Å². The number of amidine groups is 1. The Hall–Kier alpha value is -4.11. The predicted octanol–water partition coefficient (Wildman–Crippen LogP) is 4.62. The number of ether oxygens (including phenoxy) is 2. The van der Waals surface area contributed by atoms with Gasteiger partial charge in [-0.15, -0.1) is 0 Å². The number of nitrogens with two attached hydrogens (primary N) is 1. The molecule has 0 saturated carbocycles. The molecule has 5 N–H and O–H groups in total. The van der Waals surface area contributed by atoms with Gasteiger partial charge < -0.3 is 30.9 Å². The molecule has 0 saturated heterocycles. The monoisotopic (exact) mass is 488 g/mol. The highest BCUT2D eigenvalue weighted by Gasteiger charge is 2.23. The van der Waals surface area contributed by atoms with E-state index < -0.39 is 6.10 Å². The van der Waals surface area contributed by atoms with Crippen LogP contribution in [0.4, 0.5) is 17.2 Å². The molecule has 4 rings (SSSR count). The first-order valence-corrected chi connectivity index (χ1v) is 11.9. The van der Waals surface area contributed by atoms with Crippen LogP contribution in [0.15, 0.2) is 71.8 Å². The Bertz CT molecular complexity index is 1320. The van der Waals surface area contributed by atoms with Crippen LogP contribution in [0.5, 0.6) is 5.75 Å². The van der Waals surface area contributed by atoms with Gasteiger partial charge in [-0.2, -0.15) is 0 Å². The number of aliphatic hydroxyl groups is 1. The molecule has 0 amide bonds. The molecular weight excluding hydrogens is 456 g/mol. The minimum absolute atomic E-state index is 0.272. The van der Waals surface area contributed by atoms with Crippen molar-refractivity contribution in [3.8, 4) is 5.75 Å². The van der Waals surface area contributed by atoms with Crippen LogP contribution < -0.4 is 21.1 Å². The van der Waals surface area contributed by atoms with E-state index in [1.165, 1.54) is 12.5 Å². The van der Waals surface area contributed by atoms with Crippen LogP contribution in [0.2, 0.25) is 0 Å². The average molecular weight is 489 g/mol. The molecule has 36 heavy (non-hydrogen) atoms. The fourth-order valence-corrected chi connectivity index (χ4v) is 3.58. The number of aryl methyl sites for hydroxylation is 1. The van der Waals surface area contributed by atoms with E-state index in [0.717, 1.165) is 33.6 Å². The van der Waals surface area contributed by atoms with E-state index in [9.17, 15) is 5.11 Å². The van der Waals surface area contributed by atoms with Crippen LogP contribution in [-0.4, -0.2) is 39.8 Å². The number of aromatic nitrogens is 2. The summed E-state index contributed by atoms with van der Waals surface area (Å²) in [6.07, 6.45) is 6.32. The molecular formula is C27H32N6O3. The number of nitrogens with one attached hydrogen (secondary N) is 2. The minimum Gasteiger partial charge on any atom is -0.463 e. The smallest absolute Gasteiger partial charge is 0.289 e. The van der Waals surface area contributed by atoms with Crippen molar-refractivity contribution in [1.82, 2.24) is 9.97 Å². The topological polar surface area (TPSA) is 127 Å². The van der Waals surface area contributed by atoms with Crippen molar-refractivity contribution < 1.29 is 14.6 Å². The van der Waals surface area contributed by atoms with Gasteiger partial charge in [-0.3, -0.25) is 0 Å². The molecule has 0 bridgehead atoms. The lowest BCUT2D eigenvalue weighted by Gasteiger charge is -2.13. The lowest BCUT2D eigenvalue weighted by atomic mass is 10.1. The maximum Gasteiger partial charge on any atom is 0.289 e. The maximum atomic E-state index is 9.73. The van der Waals surface area contributed by atoms with Crippen molar-refractivity contribution in [2.45, 2.75) is 39.8 Å². The number of anilines is 3. The number of nitrogens with zero attached hydrogens (tertiary/aromatic N) is 3. The highest BCUT2D eigenvalue weighted by molar-refractivity contribution is 5.97. The number of rotatable bonds is 8. The standard InChI is InChI=1S/C27H32N6O3/c1-16(2)5-8-21(13-28)36-25-10-7-19(11-17(25)3)31-26-22-12-20(6-9-23(22)29-15-30-26)32-27-33-24(14-35-27)18(4)34/h5-13,15-16,18,24,34H,14,28H2,1-4H3,(H,32,33)(H,29,30,31)/b8-5-,21-13+/t18-,24?/m1/s1. The number of hydrogen-bond acceptors (Lipinski definition) is 9. The van der Waals surface area contributed by atoms with Gasteiger partial charge in [0.2, 0.25) is 0 Å². The van der Waals surface area contributed by atoms with Crippen molar-refractivity contribution >= 4 is 34.1 Å². The molecule has 9 heteroatoms. The van der Waals surface area contributed by atoms with E-state index in [1.54, 1.807) is 6.92 Å². The second kappa shape index (κ2) is 11.1. The van der Waals surface area contributed by atoms with Gasteiger partial charge in [-0.05, 0) is 67.8 Å². The number of hydrogen-bond donors (Lipinski definition) is 4. The van der Waals surface area contributed by atoms with Gasteiger partial charge in [0.1, 0.15) is 36.3 Å². The summed E-state index contributed by atoms with van der Waals surface area (Å²) < 4.78 is 11.5. The molecule has 0 aliphatic carbocycles. The lowest BCUT2D eigenvalue weighted by Crippen LogP contribution is -2.21. The van der Waals surface area contributed by atoms with E-state index in [4.69, 9.17) is 15.2 Å². The zero-order valence-corrected chi connectivity index (χ0v) is 20.9. The molecule has 188 valence electrons. The van der Waals surface area contributed by atoms with Gasteiger partial charge in [0.25, 0.3) is 6.02 Å². The fraction of sp³-hybridized carbons (Fsp3) is 0.296. The van der Waals surface area contributed by atoms with Crippen LogP contribution >= 0.6 is 0 Å². The number of benzene rings is 2. The third kappa shape index (κ3) is 6.11. The first-order chi connectivity index (χ1) is 17.3. The molecule has 3 aromatic rings. The molecule has 1 unspecified atom stereocenters. The first-order valence-electron chi connectivity index (χ1n) is 11.9. The Morgan fingerprint density at radius 2 is 1.92 bits per heavy atom. The summed E-state index contributed by atoms with van der Waals surface area (Å²) >= 11 is 0. The molecule has 9 nitrogen and oxygen atoms in total. The van der Waals surface area contributed by atoms with Crippen LogP contribution in [-0.2, 0) is 4.74 Å². The van der Waals surface area contributed by atoms with Gasteiger partial charge in [0, 0.05) is 23.0 Å². The highest BCUT2D eigenvalue weighted by atomic mass is 16.5. The number of allylic oxidation sites excluding steroid dienone is 2. The normalized spacial score (nSPS) is 16.8. The van der Waals surface area contributed by atoms with E-state index in [2.05, 4.69) is 39.4 Å². The fourth-order valence-electron chi connectivity index (χ4n) is 3.58. The number of aliphatic hydroxyl groups excluding tert-OH is 1. The van der Waals surface area contributed by atoms with Gasteiger partial charge in [0.05, 0.1) is 11.6 Å². The number of aliphatic imine (C=N–C) groups is 1. The summed E-state index contributed by atoms with van der Waals surface area (Å²) in [5.41, 5.74) is 9.10. The Kier molecular flexibility index (Phi) is 7.70. The summed E-state index contributed by atoms with van der Waals surface area (Å²) in [6.45, 7) is 8.21. The third-order valence-corrected chi connectivity index (χ3v) is 5.59. The van der Waals surface area contributed by atoms with E-state index >= 15 is 0 Å². The Balaban J connectivity index is 1.53. The zero-order chi connectivity index (χ0) is 25.7. The van der Waals surface area contributed by atoms with Gasteiger partial charge >= 0.3 is 0 Å². The zero-order valence-electron chi connectivity index (χ0n) is 20.9. The van der Waals surface area contributed by atoms with Crippen LogP contribution in [0.25, 0.3) is 10.9 Å². The van der Waals surface area contributed by atoms with Crippen LogP contribution in [0.3, 0.4) is 0 Å². The second-order valence-corrected chi connectivity index (χ2v) is 9.01. The second-order valence-electron chi connectivity index (χ2n) is 9.01. The lowest BCUT2D eigenvalue weighted by molar-refractivity contribution is 0.145. The number of fused-ring (bicyclic) bond motifs is 1. The quantitative estimate of drug-likeness (QED) is 0.267. The van der Waals surface area contributed by atoms with Crippen molar-refractivity contribution in [2.75, 3.05) is 17.2 Å². The highest BCUT2D eigenvalue weighted by Crippen LogP contribution is 2.29. The van der Waals surface area contributed by atoms with E-state index in [0.29, 0.717) is 30.1 Å². The van der Waals surface area contributed by atoms with Gasteiger partial charge in [-0.25, -0.2) is 15.0 Å². The van der Waals surface area contributed by atoms with Crippen molar-refractivity contribution in [1.29, 1.82) is 0 Å². The Labute approximate surface area is 210 Å². The molecule has 2 heterocycles. The van der Waals surface area contributed by atoms with Crippen LogP contribution in [0.1, 0.15) is 26.3 Å². The molecule has 1 aliphatic heterocycles. The summed E-state index contributed by atoms with van der Waals surface area (Å²) in [4.78, 5) is 13.2. The molecule has 1 aliphatic rings. The SMILES string of the molecule is Cc1cc(Nc2ncnc3ccc(NC4=NC([C@@H](C)O)CO4)cc23)ccc1OC(/C=C\C(C)C)=C/N. The third-order valence-electron chi connectivity index (χ3n) is 5.59. The summed E-state index contributed by atoms with van der Waals surface area (Å²) in [5, 5.41) is 17.1. The van der Waals surface area contributed by atoms with Gasteiger partial charge in [-0.1, -0.05) is 19.9 Å². The van der Waals surface area contributed by atoms with Crippen molar-refractivity contribution in [3.05, 3.63) is 72.4 Å². The molecule has 2 atom stereocenters. The first kappa shape index (κ1) is 25.0. The molecule has 0 radical (unpaired) electrons. The predicted molar refractivity (Wildman–Crippen MR) is 143 cm³/mol. The van der Waals surface area contributed by atoms with E-state index in [-0.39, 0.29) is 6.04 Å². The molecule has 2 aromatic carbocycles. The van der Waals surface area contributed by atoms with Crippen LogP contribution in [0, 0.1) is 12.8 Å². The Morgan fingerprint density at radius 3 is 2.61 bits per heavy atom. The largest absolute Gasteiger partial charge is 0.463 e. The molecule has 0 fully saturated rings. The summed E-state index contributed by atoms with van der Waals surface area (Å²) in [7, 11) is 0. The van der Waals surface area contributed by atoms with E-state index in [1.807, 2.05) is 55.5 Å². The van der Waals surface area contributed by atoms with Gasteiger partial charge in [0.15, 0.2) is 0 Å². The maximum absolute atomic E-state index is 9.73. The minimum atomic E-state index is -0.570. The summed E-state index contributed by atoms with van der Waals surface area (Å²) in [5.74, 6) is 2.37. The summed E-state index contributed by atoms with van der Waals surface area (Å²) in [6, 6.07) is 11.7. The molecule has 1 aromatic heterocycles. The molecule has 0 spiro atoms. The average Bonchev–Trinajstić information content (AvgIpc) is 3.32.